The van der Waals surface area contributed by atoms with E-state index in [4.69, 9.17) is 22.1 Å². The highest BCUT2D eigenvalue weighted by atomic mass is 35.5. The summed E-state index contributed by atoms with van der Waals surface area (Å²) in [6.07, 6.45) is 0.191. The molecule has 0 aliphatic carbocycles. The van der Waals surface area contributed by atoms with Crippen molar-refractivity contribution in [2.75, 3.05) is 12.3 Å². The fraction of sp³-hybridized carbons (Fsp3) is 0.417. The molecule has 4 atom stereocenters. The minimum atomic E-state index is -1.02. The molecule has 21 heavy (non-hydrogen) atoms. The molecular weight excluding hydrogens is 298 g/mol. The first-order valence-electron chi connectivity index (χ1n) is 6.18. The molecule has 0 bridgehead atoms. The number of ether oxygens (including phenoxy) is 1. The third-order valence-electron chi connectivity index (χ3n) is 3.51. The van der Waals surface area contributed by atoms with Gasteiger partial charge in [-0.1, -0.05) is 0 Å². The van der Waals surface area contributed by atoms with E-state index < -0.39 is 23.8 Å². The van der Waals surface area contributed by atoms with Crippen molar-refractivity contribution in [3.63, 3.8) is 0 Å². The molecule has 1 saturated heterocycles. The molecular formula is C12H12ClN5O3. The Kier molecular flexibility index (Phi) is 3.43. The predicted molar refractivity (Wildman–Crippen MR) is 73.3 cm³/mol. The van der Waals surface area contributed by atoms with Gasteiger partial charge in [0.25, 0.3) is 0 Å². The molecule has 0 radical (unpaired) electrons. The van der Waals surface area contributed by atoms with E-state index in [-0.39, 0.29) is 18.0 Å². The van der Waals surface area contributed by atoms with Crippen LogP contribution in [0.2, 0.25) is 0 Å². The molecule has 1 aliphatic heterocycles. The average molecular weight is 310 g/mol. The van der Waals surface area contributed by atoms with Crippen molar-refractivity contribution in [2.45, 2.75) is 23.8 Å². The third kappa shape index (κ3) is 2.02. The summed E-state index contributed by atoms with van der Waals surface area (Å²) in [4.78, 5) is 7.96. The van der Waals surface area contributed by atoms with Crippen molar-refractivity contribution < 1.29 is 14.9 Å². The number of hydrogen-bond acceptors (Lipinski definition) is 7. The molecule has 1 aliphatic rings. The number of anilines is 1. The summed E-state index contributed by atoms with van der Waals surface area (Å²) in [6.45, 7) is -0.359. The van der Waals surface area contributed by atoms with Crippen molar-refractivity contribution in [1.29, 1.82) is 5.26 Å². The maximum Gasteiger partial charge on any atom is 0.154 e. The van der Waals surface area contributed by atoms with E-state index >= 15 is 0 Å². The summed E-state index contributed by atoms with van der Waals surface area (Å²) in [5.41, 5.74) is 6.46. The number of fused-ring (bicyclic) bond motifs is 1. The lowest BCUT2D eigenvalue weighted by Crippen LogP contribution is -2.29. The number of aromatic nitrogens is 3. The molecule has 3 heterocycles. The highest BCUT2D eigenvalue weighted by molar-refractivity contribution is 6.21. The SMILES string of the molecule is N#Cc1cn([C@@H]2O[C@H](CO)[C@@H](O)[C@H]2Cl)c2ncnc(N)c12. The summed E-state index contributed by atoms with van der Waals surface area (Å²) in [5.74, 6) is 0.179. The van der Waals surface area contributed by atoms with Gasteiger partial charge in [-0.05, 0) is 0 Å². The quantitative estimate of drug-likeness (QED) is 0.652. The first kappa shape index (κ1) is 14.0. The Labute approximate surface area is 124 Å². The molecule has 0 unspecified atom stereocenters. The van der Waals surface area contributed by atoms with Crippen LogP contribution in [-0.4, -0.2) is 48.9 Å². The number of halogens is 1. The smallest absolute Gasteiger partial charge is 0.154 e. The number of hydrogen-bond donors (Lipinski definition) is 3. The lowest BCUT2D eigenvalue weighted by atomic mass is 10.2. The normalized spacial score (nSPS) is 28.9. The number of nitrogens with zero attached hydrogens (tertiary/aromatic N) is 4. The molecule has 0 amide bonds. The Balaban J connectivity index is 2.14. The molecule has 110 valence electrons. The Morgan fingerprint density at radius 2 is 2.29 bits per heavy atom. The van der Waals surface area contributed by atoms with E-state index in [1.165, 1.54) is 17.1 Å². The van der Waals surface area contributed by atoms with Gasteiger partial charge in [-0.2, -0.15) is 5.26 Å². The van der Waals surface area contributed by atoms with Crippen LogP contribution in [0.15, 0.2) is 12.5 Å². The molecule has 0 aromatic carbocycles. The maximum absolute atomic E-state index is 9.93. The van der Waals surface area contributed by atoms with Gasteiger partial charge in [0.2, 0.25) is 0 Å². The second kappa shape index (κ2) is 5.13. The summed E-state index contributed by atoms with van der Waals surface area (Å²) in [5, 5.41) is 27.9. The van der Waals surface area contributed by atoms with E-state index in [1.54, 1.807) is 0 Å². The van der Waals surface area contributed by atoms with Gasteiger partial charge in [0, 0.05) is 6.20 Å². The summed E-state index contributed by atoms with van der Waals surface area (Å²) >= 11 is 6.16. The molecule has 9 heteroatoms. The largest absolute Gasteiger partial charge is 0.394 e. The van der Waals surface area contributed by atoms with Crippen LogP contribution in [0.4, 0.5) is 5.82 Å². The van der Waals surface area contributed by atoms with Crippen LogP contribution in [0, 0.1) is 11.3 Å². The zero-order chi connectivity index (χ0) is 15.1. The Bertz CT molecular complexity index is 727. The molecule has 8 nitrogen and oxygen atoms in total. The van der Waals surface area contributed by atoms with E-state index in [9.17, 15) is 15.5 Å². The van der Waals surface area contributed by atoms with Crippen LogP contribution in [-0.2, 0) is 4.74 Å². The van der Waals surface area contributed by atoms with Crippen LogP contribution in [0.5, 0.6) is 0 Å². The number of alkyl halides is 1. The van der Waals surface area contributed by atoms with Crippen molar-refractivity contribution in [1.82, 2.24) is 14.5 Å². The van der Waals surface area contributed by atoms with Crippen LogP contribution in [0.1, 0.15) is 11.8 Å². The third-order valence-corrected chi connectivity index (χ3v) is 3.98. The fourth-order valence-corrected chi connectivity index (χ4v) is 2.81. The van der Waals surface area contributed by atoms with Gasteiger partial charge < -0.3 is 25.3 Å². The first-order chi connectivity index (χ1) is 10.1. The lowest BCUT2D eigenvalue weighted by molar-refractivity contribution is -0.0429. The lowest BCUT2D eigenvalue weighted by Gasteiger charge is -2.16. The number of nitrogens with two attached hydrogens (primary N) is 1. The molecule has 0 spiro atoms. The second-order valence-electron chi connectivity index (χ2n) is 4.70. The number of nitriles is 1. The fourth-order valence-electron chi connectivity index (χ4n) is 2.47. The van der Waals surface area contributed by atoms with Gasteiger partial charge in [-0.25, -0.2) is 9.97 Å². The number of aliphatic hydroxyl groups is 2. The first-order valence-corrected chi connectivity index (χ1v) is 6.61. The van der Waals surface area contributed by atoms with Crippen LogP contribution < -0.4 is 5.73 Å². The van der Waals surface area contributed by atoms with E-state index in [2.05, 4.69) is 9.97 Å². The number of nitrogen functional groups attached to an aromatic ring is 1. The predicted octanol–water partition coefficient (Wildman–Crippen LogP) is -0.257. The maximum atomic E-state index is 9.93. The van der Waals surface area contributed by atoms with Crippen LogP contribution in [0.3, 0.4) is 0 Å². The molecule has 2 aromatic heterocycles. The van der Waals surface area contributed by atoms with Gasteiger partial charge in [0.05, 0.1) is 17.6 Å². The summed E-state index contributed by atoms with van der Waals surface area (Å²) < 4.78 is 7.08. The molecule has 4 N–H and O–H groups in total. The number of rotatable bonds is 2. The minimum Gasteiger partial charge on any atom is -0.394 e. The van der Waals surface area contributed by atoms with Gasteiger partial charge in [-0.3, -0.25) is 0 Å². The second-order valence-corrected chi connectivity index (χ2v) is 5.21. The van der Waals surface area contributed by atoms with E-state index in [0.717, 1.165) is 0 Å². The van der Waals surface area contributed by atoms with Crippen molar-refractivity contribution in [3.05, 3.63) is 18.1 Å². The van der Waals surface area contributed by atoms with Crippen LogP contribution in [0.25, 0.3) is 11.0 Å². The summed E-state index contributed by atoms with van der Waals surface area (Å²) in [7, 11) is 0. The monoisotopic (exact) mass is 309 g/mol. The zero-order valence-electron chi connectivity index (χ0n) is 10.7. The van der Waals surface area contributed by atoms with Crippen molar-refractivity contribution in [3.8, 4) is 6.07 Å². The number of aliphatic hydroxyl groups excluding tert-OH is 2. The Morgan fingerprint density at radius 3 is 2.90 bits per heavy atom. The highest BCUT2D eigenvalue weighted by Crippen LogP contribution is 2.36. The van der Waals surface area contributed by atoms with Crippen molar-refractivity contribution >= 4 is 28.5 Å². The van der Waals surface area contributed by atoms with Gasteiger partial charge >= 0.3 is 0 Å². The molecule has 2 aromatic rings. The zero-order valence-corrected chi connectivity index (χ0v) is 11.5. The highest BCUT2D eigenvalue weighted by Gasteiger charge is 2.44. The Morgan fingerprint density at radius 1 is 1.52 bits per heavy atom. The average Bonchev–Trinajstić information content (AvgIpc) is 2.99. The molecule has 1 fully saturated rings. The molecule has 0 saturated carbocycles. The Hall–Kier alpha value is -1.92. The standard InChI is InChI=1S/C12H12ClN5O3/c13-8-9(20)6(3-19)21-12(8)18-2-5(1-14)7-10(15)16-4-17-11(7)18/h2,4,6,8-9,12,19-20H,3H2,(H2,15,16,17)/t6-,8-,9-,12-/m1/s1. The van der Waals surface area contributed by atoms with Crippen LogP contribution >= 0.6 is 11.6 Å². The van der Waals surface area contributed by atoms with E-state index in [0.29, 0.717) is 11.0 Å². The topological polar surface area (TPSA) is 130 Å². The van der Waals surface area contributed by atoms with Crippen molar-refractivity contribution in [2.24, 2.45) is 0 Å². The van der Waals surface area contributed by atoms with Gasteiger partial charge in [0.1, 0.15) is 41.4 Å². The molecule has 3 rings (SSSR count). The van der Waals surface area contributed by atoms with Gasteiger partial charge in [-0.15, -0.1) is 11.6 Å². The summed E-state index contributed by atoms with van der Waals surface area (Å²) in [6, 6.07) is 2.01. The minimum absolute atomic E-state index is 0.179. The van der Waals surface area contributed by atoms with Gasteiger partial charge in [0.15, 0.2) is 6.23 Å². The van der Waals surface area contributed by atoms with E-state index in [1.807, 2.05) is 6.07 Å².